The molecule has 1 aromatic rings. The molecule has 1 heterocycles. The van der Waals surface area contributed by atoms with Crippen molar-refractivity contribution in [2.24, 2.45) is 5.73 Å². The number of anilines is 1. The summed E-state index contributed by atoms with van der Waals surface area (Å²) in [7, 11) is 0. The number of hydrogen-bond acceptors (Lipinski definition) is 3. The molecule has 4 heteroatoms. The molecule has 2 atom stereocenters. The van der Waals surface area contributed by atoms with Gasteiger partial charge in [-0.25, -0.2) is 0 Å². The third-order valence-corrected chi connectivity index (χ3v) is 3.82. The summed E-state index contributed by atoms with van der Waals surface area (Å²) in [6.45, 7) is 3.53. The lowest BCUT2D eigenvalue weighted by molar-refractivity contribution is 0.0973. The van der Waals surface area contributed by atoms with Crippen molar-refractivity contribution in [2.45, 2.75) is 31.9 Å². The second-order valence-corrected chi connectivity index (χ2v) is 5.38. The standard InChI is InChI=1S/C13H19BrN2O/c1-9-4-5-10(14)11(7-9)16-12(8-15)13-3-2-6-17-13/h4-5,7,12-13,16H,2-3,6,8,15H2,1H3. The molecule has 0 aromatic heterocycles. The number of rotatable bonds is 4. The van der Waals surface area contributed by atoms with Gasteiger partial charge in [0.1, 0.15) is 0 Å². The van der Waals surface area contributed by atoms with Gasteiger partial charge in [-0.3, -0.25) is 0 Å². The summed E-state index contributed by atoms with van der Waals surface area (Å²) >= 11 is 3.55. The van der Waals surface area contributed by atoms with Gasteiger partial charge in [-0.15, -0.1) is 0 Å². The first-order chi connectivity index (χ1) is 8.20. The van der Waals surface area contributed by atoms with Gasteiger partial charge in [-0.1, -0.05) is 6.07 Å². The molecule has 0 saturated carbocycles. The predicted octanol–water partition coefficient (Wildman–Crippen LogP) is 2.68. The summed E-state index contributed by atoms with van der Waals surface area (Å²) in [4.78, 5) is 0. The Morgan fingerprint density at radius 3 is 3.06 bits per heavy atom. The lowest BCUT2D eigenvalue weighted by Gasteiger charge is -2.24. The quantitative estimate of drug-likeness (QED) is 0.898. The Kier molecular flexibility index (Phi) is 4.42. The minimum Gasteiger partial charge on any atom is -0.377 e. The van der Waals surface area contributed by atoms with E-state index in [0.717, 1.165) is 29.6 Å². The number of hydrogen-bond donors (Lipinski definition) is 2. The highest BCUT2D eigenvalue weighted by Gasteiger charge is 2.25. The van der Waals surface area contributed by atoms with E-state index in [0.29, 0.717) is 6.54 Å². The topological polar surface area (TPSA) is 47.3 Å². The van der Waals surface area contributed by atoms with E-state index in [1.807, 2.05) is 0 Å². The molecule has 94 valence electrons. The van der Waals surface area contributed by atoms with Gasteiger partial charge < -0.3 is 15.8 Å². The zero-order valence-electron chi connectivity index (χ0n) is 10.1. The van der Waals surface area contributed by atoms with Crippen molar-refractivity contribution in [1.82, 2.24) is 0 Å². The van der Waals surface area contributed by atoms with Crippen molar-refractivity contribution in [3.8, 4) is 0 Å². The van der Waals surface area contributed by atoms with Crippen LogP contribution in [-0.2, 0) is 4.74 Å². The molecule has 1 aromatic carbocycles. The summed E-state index contributed by atoms with van der Waals surface area (Å²) in [6.07, 6.45) is 2.48. The molecule has 0 amide bonds. The van der Waals surface area contributed by atoms with Crippen molar-refractivity contribution < 1.29 is 4.74 Å². The van der Waals surface area contributed by atoms with Crippen LogP contribution < -0.4 is 11.1 Å². The molecule has 3 nitrogen and oxygen atoms in total. The molecular formula is C13H19BrN2O. The Balaban J connectivity index is 2.09. The molecule has 0 aliphatic carbocycles. The van der Waals surface area contributed by atoms with Crippen LogP contribution in [0.15, 0.2) is 22.7 Å². The van der Waals surface area contributed by atoms with Gasteiger partial charge in [-0.05, 0) is 53.4 Å². The zero-order chi connectivity index (χ0) is 12.3. The van der Waals surface area contributed by atoms with Gasteiger partial charge in [0.2, 0.25) is 0 Å². The summed E-state index contributed by atoms with van der Waals surface area (Å²) < 4.78 is 6.76. The molecule has 0 spiro atoms. The van der Waals surface area contributed by atoms with E-state index < -0.39 is 0 Å². The van der Waals surface area contributed by atoms with Crippen molar-refractivity contribution >= 4 is 21.6 Å². The van der Waals surface area contributed by atoms with Crippen LogP contribution in [0.4, 0.5) is 5.69 Å². The Morgan fingerprint density at radius 2 is 2.41 bits per heavy atom. The first-order valence-corrected chi connectivity index (χ1v) is 6.84. The molecule has 3 N–H and O–H groups in total. The van der Waals surface area contributed by atoms with Crippen LogP contribution in [0.2, 0.25) is 0 Å². The minimum atomic E-state index is 0.190. The lowest BCUT2D eigenvalue weighted by atomic mass is 10.1. The van der Waals surface area contributed by atoms with Crippen LogP contribution in [0.1, 0.15) is 18.4 Å². The van der Waals surface area contributed by atoms with Crippen molar-refractivity contribution in [2.75, 3.05) is 18.5 Å². The van der Waals surface area contributed by atoms with Crippen molar-refractivity contribution in [3.63, 3.8) is 0 Å². The highest BCUT2D eigenvalue weighted by atomic mass is 79.9. The Bertz CT molecular complexity index is 378. The zero-order valence-corrected chi connectivity index (χ0v) is 11.7. The third kappa shape index (κ3) is 3.21. The highest BCUT2D eigenvalue weighted by molar-refractivity contribution is 9.10. The summed E-state index contributed by atoms with van der Waals surface area (Å²) in [5.41, 5.74) is 8.16. The van der Waals surface area contributed by atoms with Gasteiger partial charge in [-0.2, -0.15) is 0 Å². The van der Waals surface area contributed by atoms with Gasteiger partial charge in [0.05, 0.1) is 12.1 Å². The largest absolute Gasteiger partial charge is 0.377 e. The van der Waals surface area contributed by atoms with E-state index in [4.69, 9.17) is 10.5 Å². The van der Waals surface area contributed by atoms with E-state index >= 15 is 0 Å². The fraction of sp³-hybridized carbons (Fsp3) is 0.538. The van der Waals surface area contributed by atoms with E-state index in [1.165, 1.54) is 5.56 Å². The summed E-state index contributed by atoms with van der Waals surface area (Å²) in [5, 5.41) is 3.48. The molecule has 1 aliphatic rings. The summed E-state index contributed by atoms with van der Waals surface area (Å²) in [5.74, 6) is 0. The number of nitrogens with one attached hydrogen (secondary N) is 1. The molecule has 1 fully saturated rings. The smallest absolute Gasteiger partial charge is 0.0789 e. The molecule has 0 radical (unpaired) electrons. The first-order valence-electron chi connectivity index (χ1n) is 6.05. The maximum atomic E-state index is 5.83. The Hall–Kier alpha value is -0.580. The number of ether oxygens (including phenoxy) is 1. The monoisotopic (exact) mass is 298 g/mol. The van der Waals surface area contributed by atoms with Gasteiger partial charge >= 0.3 is 0 Å². The lowest BCUT2D eigenvalue weighted by Crippen LogP contribution is -2.39. The van der Waals surface area contributed by atoms with Crippen LogP contribution in [0.3, 0.4) is 0 Å². The van der Waals surface area contributed by atoms with Crippen LogP contribution in [0, 0.1) is 6.92 Å². The van der Waals surface area contributed by atoms with Gasteiger partial charge in [0.15, 0.2) is 0 Å². The molecule has 2 rings (SSSR count). The van der Waals surface area contributed by atoms with E-state index in [2.05, 4.69) is 46.4 Å². The molecule has 0 bridgehead atoms. The average Bonchev–Trinajstić information content (AvgIpc) is 2.84. The van der Waals surface area contributed by atoms with Crippen LogP contribution in [0.5, 0.6) is 0 Å². The molecular weight excluding hydrogens is 280 g/mol. The van der Waals surface area contributed by atoms with Gasteiger partial charge in [0, 0.05) is 23.3 Å². The fourth-order valence-corrected chi connectivity index (χ4v) is 2.53. The Labute approximate surface area is 111 Å². The van der Waals surface area contributed by atoms with Crippen molar-refractivity contribution in [3.05, 3.63) is 28.2 Å². The molecule has 1 aliphatic heterocycles. The maximum Gasteiger partial charge on any atom is 0.0789 e. The van der Waals surface area contributed by atoms with Crippen LogP contribution in [-0.4, -0.2) is 25.3 Å². The number of halogens is 1. The maximum absolute atomic E-state index is 5.83. The second-order valence-electron chi connectivity index (χ2n) is 4.52. The third-order valence-electron chi connectivity index (χ3n) is 3.13. The van der Waals surface area contributed by atoms with Gasteiger partial charge in [0.25, 0.3) is 0 Å². The second kappa shape index (κ2) is 5.85. The Morgan fingerprint density at radius 1 is 1.59 bits per heavy atom. The minimum absolute atomic E-state index is 0.190. The van der Waals surface area contributed by atoms with Crippen LogP contribution in [0.25, 0.3) is 0 Å². The molecule has 17 heavy (non-hydrogen) atoms. The SMILES string of the molecule is Cc1ccc(Br)c(NC(CN)C2CCCO2)c1. The molecule has 2 unspecified atom stereocenters. The van der Waals surface area contributed by atoms with Crippen LogP contribution >= 0.6 is 15.9 Å². The van der Waals surface area contributed by atoms with E-state index in [9.17, 15) is 0 Å². The number of nitrogens with two attached hydrogens (primary N) is 1. The van der Waals surface area contributed by atoms with E-state index in [-0.39, 0.29) is 12.1 Å². The first kappa shape index (κ1) is 12.9. The number of aryl methyl sites for hydroxylation is 1. The highest BCUT2D eigenvalue weighted by Crippen LogP contribution is 2.26. The summed E-state index contributed by atoms with van der Waals surface area (Å²) in [6, 6.07) is 6.46. The fourth-order valence-electron chi connectivity index (χ4n) is 2.17. The van der Waals surface area contributed by atoms with Crippen molar-refractivity contribution in [1.29, 1.82) is 0 Å². The number of benzene rings is 1. The predicted molar refractivity (Wildman–Crippen MR) is 74.3 cm³/mol. The molecule has 1 saturated heterocycles. The average molecular weight is 299 g/mol. The van der Waals surface area contributed by atoms with E-state index in [1.54, 1.807) is 0 Å². The normalized spacial score (nSPS) is 21.5.